The third-order valence-electron chi connectivity index (χ3n) is 2.22. The van der Waals surface area contributed by atoms with Crippen molar-refractivity contribution in [3.8, 4) is 5.75 Å². The van der Waals surface area contributed by atoms with Crippen LogP contribution in [0, 0.1) is 13.8 Å². The van der Waals surface area contributed by atoms with E-state index in [1.165, 1.54) is 0 Å². The van der Waals surface area contributed by atoms with Crippen LogP contribution in [0.3, 0.4) is 0 Å². The lowest BCUT2D eigenvalue weighted by Gasteiger charge is -2.13. The lowest BCUT2D eigenvalue weighted by atomic mass is 10.0. The molecule has 1 atom stereocenters. The number of aliphatic hydroxyl groups excluding tert-OH is 1. The Balaban J connectivity index is 3.13. The van der Waals surface area contributed by atoms with E-state index in [2.05, 4.69) is 0 Å². The Labute approximate surface area is 83.3 Å². The highest BCUT2D eigenvalue weighted by molar-refractivity contribution is 5.43. The van der Waals surface area contributed by atoms with Gasteiger partial charge in [0.15, 0.2) is 0 Å². The van der Waals surface area contributed by atoms with Gasteiger partial charge in [-0.25, -0.2) is 4.39 Å². The van der Waals surface area contributed by atoms with Gasteiger partial charge in [0.1, 0.15) is 18.5 Å². The van der Waals surface area contributed by atoms with E-state index in [9.17, 15) is 9.50 Å². The van der Waals surface area contributed by atoms with Gasteiger partial charge in [-0.3, -0.25) is 0 Å². The van der Waals surface area contributed by atoms with Crippen LogP contribution in [0.5, 0.6) is 5.75 Å². The molecule has 0 fully saturated rings. The van der Waals surface area contributed by atoms with Crippen molar-refractivity contribution in [2.24, 2.45) is 0 Å². The summed E-state index contributed by atoms with van der Waals surface area (Å²) in [5.74, 6) is 0.791. The molecule has 1 rings (SSSR count). The standard InChI is InChI=1S/C11H15FO2/c1-7-4-9(10(13)6-12)5-8(2)11(7)14-3/h4-5,10,13H,6H2,1-3H3. The van der Waals surface area contributed by atoms with Crippen molar-refractivity contribution < 1.29 is 14.2 Å². The van der Waals surface area contributed by atoms with Gasteiger partial charge < -0.3 is 9.84 Å². The summed E-state index contributed by atoms with van der Waals surface area (Å²) in [6, 6.07) is 3.49. The summed E-state index contributed by atoms with van der Waals surface area (Å²) in [6.07, 6.45) is -1.03. The second-order valence-electron chi connectivity index (χ2n) is 3.36. The zero-order valence-electron chi connectivity index (χ0n) is 8.67. The maximum absolute atomic E-state index is 12.2. The van der Waals surface area contributed by atoms with Crippen LogP contribution in [-0.4, -0.2) is 18.9 Å². The van der Waals surface area contributed by atoms with Gasteiger partial charge in [0, 0.05) is 0 Å². The van der Waals surface area contributed by atoms with Crippen molar-refractivity contribution in [3.63, 3.8) is 0 Å². The molecule has 0 saturated carbocycles. The van der Waals surface area contributed by atoms with Crippen LogP contribution in [0.25, 0.3) is 0 Å². The molecule has 0 heterocycles. The van der Waals surface area contributed by atoms with Gasteiger partial charge in [0.2, 0.25) is 0 Å². The zero-order valence-corrected chi connectivity index (χ0v) is 8.67. The minimum atomic E-state index is -1.03. The molecule has 0 aliphatic carbocycles. The van der Waals surface area contributed by atoms with Crippen LogP contribution in [0.1, 0.15) is 22.8 Å². The Morgan fingerprint density at radius 1 is 1.36 bits per heavy atom. The molecule has 0 aromatic heterocycles. The van der Waals surface area contributed by atoms with Crippen LogP contribution in [-0.2, 0) is 0 Å². The van der Waals surface area contributed by atoms with Crippen LogP contribution >= 0.6 is 0 Å². The molecular weight excluding hydrogens is 183 g/mol. The first-order valence-corrected chi connectivity index (χ1v) is 4.49. The summed E-state index contributed by atoms with van der Waals surface area (Å²) in [6.45, 7) is 2.99. The molecule has 1 N–H and O–H groups in total. The second kappa shape index (κ2) is 4.42. The molecule has 0 radical (unpaired) electrons. The number of aliphatic hydroxyl groups is 1. The third kappa shape index (κ3) is 2.04. The van der Waals surface area contributed by atoms with Crippen LogP contribution < -0.4 is 4.74 Å². The number of halogens is 1. The molecular formula is C11H15FO2. The summed E-state index contributed by atoms with van der Waals surface area (Å²) < 4.78 is 17.4. The van der Waals surface area contributed by atoms with Gasteiger partial charge >= 0.3 is 0 Å². The van der Waals surface area contributed by atoms with E-state index in [0.29, 0.717) is 5.56 Å². The molecule has 78 valence electrons. The molecule has 0 bridgehead atoms. The molecule has 0 aliphatic heterocycles. The van der Waals surface area contributed by atoms with Gasteiger partial charge in [-0.15, -0.1) is 0 Å². The number of rotatable bonds is 3. The first kappa shape index (κ1) is 11.0. The minimum absolute atomic E-state index is 0.600. The van der Waals surface area contributed by atoms with Crippen LogP contribution in [0.15, 0.2) is 12.1 Å². The number of benzene rings is 1. The Kier molecular flexibility index (Phi) is 3.47. The molecule has 14 heavy (non-hydrogen) atoms. The molecule has 3 heteroatoms. The number of alkyl halides is 1. The molecule has 0 aliphatic rings. The Morgan fingerprint density at radius 2 is 1.86 bits per heavy atom. The first-order valence-electron chi connectivity index (χ1n) is 4.49. The van der Waals surface area contributed by atoms with Gasteiger partial charge in [-0.2, -0.15) is 0 Å². The van der Waals surface area contributed by atoms with Crippen molar-refractivity contribution in [2.45, 2.75) is 20.0 Å². The van der Waals surface area contributed by atoms with Crippen molar-refractivity contribution in [3.05, 3.63) is 28.8 Å². The minimum Gasteiger partial charge on any atom is -0.496 e. The van der Waals surface area contributed by atoms with Gasteiger partial charge in [0.05, 0.1) is 7.11 Å². The van der Waals surface area contributed by atoms with Crippen LogP contribution in [0.4, 0.5) is 4.39 Å². The van der Waals surface area contributed by atoms with Crippen molar-refractivity contribution in [2.75, 3.05) is 13.8 Å². The predicted molar refractivity (Wildman–Crippen MR) is 53.4 cm³/mol. The zero-order chi connectivity index (χ0) is 10.7. The monoisotopic (exact) mass is 198 g/mol. The highest BCUT2D eigenvalue weighted by atomic mass is 19.1. The lowest BCUT2D eigenvalue weighted by molar-refractivity contribution is 0.141. The topological polar surface area (TPSA) is 29.5 Å². The number of methoxy groups -OCH3 is 1. The first-order chi connectivity index (χ1) is 6.60. The molecule has 0 amide bonds. The quantitative estimate of drug-likeness (QED) is 0.807. The number of aryl methyl sites for hydroxylation is 2. The molecule has 0 spiro atoms. The van der Waals surface area contributed by atoms with E-state index < -0.39 is 12.8 Å². The summed E-state index contributed by atoms with van der Waals surface area (Å²) >= 11 is 0. The Morgan fingerprint density at radius 3 is 2.21 bits per heavy atom. The SMILES string of the molecule is COc1c(C)cc(C(O)CF)cc1C. The predicted octanol–water partition coefficient (Wildman–Crippen LogP) is 2.31. The summed E-state index contributed by atoms with van der Waals surface area (Å²) in [5, 5.41) is 9.33. The average molecular weight is 198 g/mol. The molecule has 1 aromatic carbocycles. The van der Waals surface area contributed by atoms with E-state index in [1.54, 1.807) is 19.2 Å². The van der Waals surface area contributed by atoms with Gasteiger partial charge in [0.25, 0.3) is 0 Å². The normalized spacial score (nSPS) is 12.6. The second-order valence-corrected chi connectivity index (χ2v) is 3.36. The van der Waals surface area contributed by atoms with Gasteiger partial charge in [-0.1, -0.05) is 0 Å². The van der Waals surface area contributed by atoms with E-state index >= 15 is 0 Å². The summed E-state index contributed by atoms with van der Waals surface area (Å²) in [5.41, 5.74) is 2.42. The number of hydrogen-bond donors (Lipinski definition) is 1. The van der Waals surface area contributed by atoms with E-state index in [1.807, 2.05) is 13.8 Å². The smallest absolute Gasteiger partial charge is 0.124 e. The summed E-state index contributed by atoms with van der Waals surface area (Å²) in [7, 11) is 1.60. The Hall–Kier alpha value is -1.09. The lowest BCUT2D eigenvalue weighted by Crippen LogP contribution is -2.01. The fraction of sp³-hybridized carbons (Fsp3) is 0.455. The van der Waals surface area contributed by atoms with Crippen LogP contribution in [0.2, 0.25) is 0 Å². The van der Waals surface area contributed by atoms with Crippen molar-refractivity contribution in [1.82, 2.24) is 0 Å². The highest BCUT2D eigenvalue weighted by Gasteiger charge is 2.11. The number of ether oxygens (including phenoxy) is 1. The number of hydrogen-bond acceptors (Lipinski definition) is 2. The van der Waals surface area contributed by atoms with E-state index in [4.69, 9.17) is 4.74 Å². The highest BCUT2D eigenvalue weighted by Crippen LogP contribution is 2.27. The Bertz CT molecular complexity index is 300. The molecule has 0 saturated heterocycles. The van der Waals surface area contributed by atoms with E-state index in [-0.39, 0.29) is 0 Å². The molecule has 1 aromatic rings. The van der Waals surface area contributed by atoms with Crippen molar-refractivity contribution >= 4 is 0 Å². The third-order valence-corrected chi connectivity index (χ3v) is 2.22. The fourth-order valence-corrected chi connectivity index (χ4v) is 1.59. The van der Waals surface area contributed by atoms with Crippen molar-refractivity contribution in [1.29, 1.82) is 0 Å². The fourth-order valence-electron chi connectivity index (χ4n) is 1.59. The van der Waals surface area contributed by atoms with E-state index in [0.717, 1.165) is 16.9 Å². The molecule has 1 unspecified atom stereocenters. The molecule has 2 nitrogen and oxygen atoms in total. The maximum Gasteiger partial charge on any atom is 0.124 e. The maximum atomic E-state index is 12.2. The average Bonchev–Trinajstić information content (AvgIpc) is 2.16. The largest absolute Gasteiger partial charge is 0.496 e. The van der Waals surface area contributed by atoms with Gasteiger partial charge in [-0.05, 0) is 42.7 Å². The summed E-state index contributed by atoms with van der Waals surface area (Å²) in [4.78, 5) is 0.